The van der Waals surface area contributed by atoms with E-state index in [4.69, 9.17) is 16.1 Å². The van der Waals surface area contributed by atoms with Crippen LogP contribution in [0, 0.1) is 0 Å². The van der Waals surface area contributed by atoms with E-state index in [9.17, 15) is 18.0 Å². The largest absolute Gasteiger partial charge is 0.573 e. The summed E-state index contributed by atoms with van der Waals surface area (Å²) >= 11 is 6.04. The van der Waals surface area contributed by atoms with Gasteiger partial charge < -0.3 is 19.6 Å². The smallest absolute Gasteiger partial charge is 0.406 e. The van der Waals surface area contributed by atoms with E-state index in [-0.39, 0.29) is 23.9 Å². The average molecular weight is 481 g/mol. The number of rotatable bonds is 9. The number of amides is 1. The number of benzene rings is 1. The van der Waals surface area contributed by atoms with Gasteiger partial charge in [0.2, 0.25) is 5.89 Å². The van der Waals surface area contributed by atoms with Crippen LogP contribution in [-0.4, -0.2) is 33.9 Å². The lowest BCUT2D eigenvalue weighted by Crippen LogP contribution is -2.26. The Kier molecular flexibility index (Phi) is 7.59. The molecule has 0 bridgehead atoms. The quantitative estimate of drug-likeness (QED) is 0.321. The highest BCUT2D eigenvalue weighted by atomic mass is 35.5. The number of carbonyl (C=O) groups excluding carboxylic acids is 1. The molecule has 2 heterocycles. The molecule has 0 aliphatic carbocycles. The fraction of sp³-hybridized carbons (Fsp3) is 0.227. The molecule has 11 heteroatoms. The van der Waals surface area contributed by atoms with Crippen molar-refractivity contribution >= 4 is 28.4 Å². The lowest BCUT2D eigenvalue weighted by Gasteiger charge is -2.08. The third-order valence-electron chi connectivity index (χ3n) is 4.46. The maximum absolute atomic E-state index is 12.3. The summed E-state index contributed by atoms with van der Waals surface area (Å²) in [5.41, 5.74) is 2.33. The van der Waals surface area contributed by atoms with Crippen LogP contribution in [-0.2, 0) is 17.6 Å². The van der Waals surface area contributed by atoms with Crippen molar-refractivity contribution in [2.24, 2.45) is 0 Å². The van der Waals surface area contributed by atoms with Crippen molar-refractivity contribution in [3.63, 3.8) is 0 Å². The zero-order valence-electron chi connectivity index (χ0n) is 17.5. The number of aromatic amines is 1. The number of fused-ring (bicyclic) bond motifs is 1. The Morgan fingerprint density at radius 3 is 2.88 bits per heavy atom. The molecule has 1 aromatic carbocycles. The second kappa shape index (κ2) is 10.4. The fourth-order valence-corrected chi connectivity index (χ4v) is 3.11. The van der Waals surface area contributed by atoms with Crippen molar-refractivity contribution in [1.29, 1.82) is 0 Å². The predicted molar refractivity (Wildman–Crippen MR) is 117 cm³/mol. The number of nitrogens with zero attached hydrogens (tertiary/aromatic N) is 2. The second-order valence-electron chi connectivity index (χ2n) is 6.93. The molecule has 0 aliphatic heterocycles. The van der Waals surface area contributed by atoms with Crippen LogP contribution in [0.5, 0.6) is 0 Å². The molecule has 3 aromatic rings. The van der Waals surface area contributed by atoms with Gasteiger partial charge in [0.05, 0.1) is 6.42 Å². The molecule has 0 saturated heterocycles. The molecule has 0 unspecified atom stereocenters. The van der Waals surface area contributed by atoms with Crippen molar-refractivity contribution in [3.8, 4) is 0 Å². The lowest BCUT2D eigenvalue weighted by molar-refractivity contribution is -0.303. The van der Waals surface area contributed by atoms with Gasteiger partial charge in [0, 0.05) is 28.7 Å². The van der Waals surface area contributed by atoms with Gasteiger partial charge in [-0.2, -0.15) is 4.98 Å². The van der Waals surface area contributed by atoms with Crippen molar-refractivity contribution < 1.29 is 27.2 Å². The van der Waals surface area contributed by atoms with Crippen molar-refractivity contribution in [1.82, 2.24) is 20.4 Å². The van der Waals surface area contributed by atoms with Gasteiger partial charge in [-0.1, -0.05) is 29.4 Å². The van der Waals surface area contributed by atoms with E-state index >= 15 is 0 Å². The normalized spacial score (nSPS) is 12.5. The minimum atomic E-state index is -4.79. The van der Waals surface area contributed by atoms with Crippen LogP contribution in [0.25, 0.3) is 10.9 Å². The summed E-state index contributed by atoms with van der Waals surface area (Å²) in [5.74, 6) is -0.955. The Bertz CT molecular complexity index is 1210. The highest BCUT2D eigenvalue weighted by molar-refractivity contribution is 6.31. The molecule has 0 radical (unpaired) electrons. The van der Waals surface area contributed by atoms with E-state index in [0.717, 1.165) is 28.6 Å². The van der Waals surface area contributed by atoms with Crippen molar-refractivity contribution in [3.05, 3.63) is 82.8 Å². The molecule has 7 nitrogen and oxygen atoms in total. The monoisotopic (exact) mass is 480 g/mol. The molecule has 33 heavy (non-hydrogen) atoms. The van der Waals surface area contributed by atoms with Gasteiger partial charge in [0.25, 0.3) is 11.7 Å². The number of allylic oxidation sites excluding steroid dienone is 4. The van der Waals surface area contributed by atoms with E-state index in [2.05, 4.69) is 31.8 Å². The Labute approximate surface area is 191 Å². The lowest BCUT2D eigenvalue weighted by atomic mass is 10.1. The molecule has 0 fully saturated rings. The minimum Gasteiger partial charge on any atom is -0.406 e. The molecule has 3 rings (SSSR count). The Balaban J connectivity index is 1.51. The Morgan fingerprint density at radius 2 is 2.15 bits per heavy atom. The zero-order chi connectivity index (χ0) is 24.0. The van der Waals surface area contributed by atoms with E-state index in [1.54, 1.807) is 6.07 Å². The molecular formula is C22H20ClF3N4O3. The highest BCUT2D eigenvalue weighted by Gasteiger charge is 2.31. The van der Waals surface area contributed by atoms with Crippen molar-refractivity contribution in [2.75, 3.05) is 6.54 Å². The minimum absolute atomic E-state index is 0.0515. The predicted octanol–water partition coefficient (Wildman–Crippen LogP) is 5.27. The van der Waals surface area contributed by atoms with Gasteiger partial charge >= 0.3 is 6.36 Å². The molecular weight excluding hydrogens is 461 g/mol. The number of H-pyrrole nitrogens is 1. The second-order valence-corrected chi connectivity index (χ2v) is 7.37. The molecule has 174 valence electrons. The molecule has 0 atom stereocenters. The molecule has 0 saturated carbocycles. The maximum Gasteiger partial charge on any atom is 0.573 e. The summed E-state index contributed by atoms with van der Waals surface area (Å²) in [6, 6.07) is 5.53. The number of aromatic nitrogens is 3. The van der Waals surface area contributed by atoms with Gasteiger partial charge in [-0.3, -0.25) is 4.79 Å². The fourth-order valence-electron chi connectivity index (χ4n) is 2.94. The number of nitrogens with one attached hydrogen (secondary N) is 2. The maximum atomic E-state index is 12.3. The average Bonchev–Trinajstić information content (AvgIpc) is 3.37. The van der Waals surface area contributed by atoms with E-state index in [1.807, 2.05) is 18.3 Å². The van der Waals surface area contributed by atoms with Crippen LogP contribution in [0.4, 0.5) is 13.2 Å². The number of alkyl halides is 3. The van der Waals surface area contributed by atoms with Crippen LogP contribution in [0.15, 0.2) is 65.1 Å². The molecule has 1 amide bonds. The first kappa shape index (κ1) is 24.1. The topological polar surface area (TPSA) is 93.0 Å². The first-order valence-corrected chi connectivity index (χ1v) is 10.2. The Hall–Kier alpha value is -3.53. The molecule has 0 aliphatic rings. The highest BCUT2D eigenvalue weighted by Crippen LogP contribution is 2.23. The third-order valence-corrected chi connectivity index (χ3v) is 4.70. The first-order valence-electron chi connectivity index (χ1n) is 9.79. The number of hydrogen-bond acceptors (Lipinski definition) is 5. The molecule has 2 aromatic heterocycles. The van der Waals surface area contributed by atoms with E-state index < -0.39 is 12.3 Å². The van der Waals surface area contributed by atoms with Gasteiger partial charge in [-0.15, -0.1) is 13.2 Å². The van der Waals surface area contributed by atoms with Crippen LogP contribution >= 0.6 is 11.6 Å². The van der Waals surface area contributed by atoms with Gasteiger partial charge in [-0.05, 0) is 54.8 Å². The standard InChI is InChI=1S/C22H20ClF3N4O3/c1-3-16(32-22(24,25)26)6-4-13(2)10-19-29-20(30-33-19)21(31)27-9-8-14-12-28-18-7-5-15(23)11-17(14)18/h3-7,11-12,28H,2,8-10H2,1H3,(H,27,31)/b6-4-,16-3+. The summed E-state index contributed by atoms with van der Waals surface area (Å²) < 4.78 is 45.8. The summed E-state index contributed by atoms with van der Waals surface area (Å²) in [6.07, 6.45) is 1.30. The summed E-state index contributed by atoms with van der Waals surface area (Å²) in [7, 11) is 0. The molecule has 0 spiro atoms. The number of hydrogen-bond donors (Lipinski definition) is 2. The third kappa shape index (κ3) is 6.98. The van der Waals surface area contributed by atoms with E-state index in [1.165, 1.54) is 13.0 Å². The van der Waals surface area contributed by atoms with Gasteiger partial charge in [0.15, 0.2) is 0 Å². The first-order chi connectivity index (χ1) is 15.6. The van der Waals surface area contributed by atoms with Crippen molar-refractivity contribution in [2.45, 2.75) is 26.1 Å². The summed E-state index contributed by atoms with van der Waals surface area (Å²) in [5, 5.41) is 7.95. The number of carbonyl (C=O) groups is 1. The van der Waals surface area contributed by atoms with Crippen LogP contribution < -0.4 is 5.32 Å². The van der Waals surface area contributed by atoms with Crippen LogP contribution in [0.2, 0.25) is 5.02 Å². The Morgan fingerprint density at radius 1 is 1.36 bits per heavy atom. The SMILES string of the molecule is C=C(/C=C\C(=C/C)OC(F)(F)F)Cc1nc(C(=O)NCCc2c[nH]c3ccc(Cl)cc23)no1. The van der Waals surface area contributed by atoms with Crippen LogP contribution in [0.3, 0.4) is 0 Å². The van der Waals surface area contributed by atoms with Crippen LogP contribution in [0.1, 0.15) is 29.0 Å². The van der Waals surface area contributed by atoms with Gasteiger partial charge in [0.1, 0.15) is 5.76 Å². The van der Waals surface area contributed by atoms with Gasteiger partial charge in [-0.25, -0.2) is 0 Å². The van der Waals surface area contributed by atoms with E-state index in [0.29, 0.717) is 23.6 Å². The summed E-state index contributed by atoms with van der Waals surface area (Å²) in [4.78, 5) is 19.4. The molecule has 2 N–H and O–H groups in total. The summed E-state index contributed by atoms with van der Waals surface area (Å²) in [6.45, 7) is 5.47. The number of halogens is 4. The zero-order valence-corrected chi connectivity index (χ0v) is 18.3. The number of ether oxygens (including phenoxy) is 1.